The van der Waals surface area contributed by atoms with Gasteiger partial charge in [0.25, 0.3) is 0 Å². The molecule has 2 fully saturated rings. The first-order chi connectivity index (χ1) is 16.1. The number of fused-ring (bicyclic) bond motifs is 1. The van der Waals surface area contributed by atoms with Gasteiger partial charge in [0.05, 0.1) is 18.6 Å². The predicted molar refractivity (Wildman–Crippen MR) is 127 cm³/mol. The maximum absolute atomic E-state index is 11.7. The van der Waals surface area contributed by atoms with E-state index in [4.69, 9.17) is 19.8 Å². The number of piperazine rings is 1. The molecular weight excluding hydrogens is 440 g/mol. The minimum atomic E-state index is -0.419. The molecule has 0 spiro atoms. The van der Waals surface area contributed by atoms with Crippen molar-refractivity contribution in [1.82, 2.24) is 24.8 Å². The molecule has 1 N–H and O–H groups in total. The van der Waals surface area contributed by atoms with Crippen LogP contribution >= 0.6 is 11.3 Å². The number of carbonyl (C=O) groups excluding carboxylic acids is 1. The van der Waals surface area contributed by atoms with Gasteiger partial charge < -0.3 is 19.6 Å². The molecule has 0 aliphatic carbocycles. The standard InChI is InChI=1S/C23H28N6O3S/c1-16-2-3-17(13-24-16)21-25-22(29-8-10-32-11-9-29)19-12-18(33-23(19)26-21)14-27-4-6-28(7-5-27)20(31)15-30/h2-3,12-13,30H,4-11,14-15H2,1H3. The zero-order valence-corrected chi connectivity index (χ0v) is 19.6. The van der Waals surface area contributed by atoms with E-state index < -0.39 is 6.61 Å². The second-order valence-corrected chi connectivity index (χ2v) is 9.52. The van der Waals surface area contributed by atoms with Gasteiger partial charge in [-0.25, -0.2) is 9.97 Å². The fourth-order valence-corrected chi connectivity index (χ4v) is 5.32. The van der Waals surface area contributed by atoms with Crippen molar-refractivity contribution in [3.8, 4) is 11.4 Å². The van der Waals surface area contributed by atoms with E-state index in [2.05, 4.69) is 20.9 Å². The summed E-state index contributed by atoms with van der Waals surface area (Å²) in [5.74, 6) is 1.46. The number of hydrogen-bond donors (Lipinski definition) is 1. The SMILES string of the molecule is Cc1ccc(-c2nc(N3CCOCC3)c3cc(CN4CCN(C(=O)CO)CC4)sc3n2)cn1. The van der Waals surface area contributed by atoms with E-state index in [9.17, 15) is 4.79 Å². The van der Waals surface area contributed by atoms with Crippen LogP contribution in [0.4, 0.5) is 5.82 Å². The van der Waals surface area contributed by atoms with Crippen LogP contribution in [0.5, 0.6) is 0 Å². The van der Waals surface area contributed by atoms with Crippen molar-refractivity contribution in [2.24, 2.45) is 0 Å². The zero-order valence-electron chi connectivity index (χ0n) is 18.7. The van der Waals surface area contributed by atoms with Crippen molar-refractivity contribution in [2.45, 2.75) is 13.5 Å². The molecule has 10 heteroatoms. The maximum Gasteiger partial charge on any atom is 0.248 e. The van der Waals surface area contributed by atoms with Gasteiger partial charge in [-0.1, -0.05) is 0 Å². The number of pyridine rings is 1. The molecule has 0 bridgehead atoms. The molecular formula is C23H28N6O3S. The lowest BCUT2D eigenvalue weighted by Crippen LogP contribution is -2.49. The van der Waals surface area contributed by atoms with E-state index in [1.54, 1.807) is 16.2 Å². The summed E-state index contributed by atoms with van der Waals surface area (Å²) in [4.78, 5) is 34.6. The van der Waals surface area contributed by atoms with E-state index in [0.717, 1.165) is 60.0 Å². The number of nitrogens with zero attached hydrogens (tertiary/aromatic N) is 6. The molecule has 9 nitrogen and oxygen atoms in total. The Labute approximate surface area is 196 Å². The monoisotopic (exact) mass is 468 g/mol. The summed E-state index contributed by atoms with van der Waals surface area (Å²) in [7, 11) is 0. The molecule has 2 aliphatic heterocycles. The Morgan fingerprint density at radius 2 is 1.91 bits per heavy atom. The summed E-state index contributed by atoms with van der Waals surface area (Å²) in [5, 5.41) is 10.2. The highest BCUT2D eigenvalue weighted by atomic mass is 32.1. The van der Waals surface area contributed by atoms with Gasteiger partial charge in [-0.2, -0.15) is 0 Å². The van der Waals surface area contributed by atoms with Crippen LogP contribution < -0.4 is 4.90 Å². The van der Waals surface area contributed by atoms with Gasteiger partial charge in [0.2, 0.25) is 5.91 Å². The largest absolute Gasteiger partial charge is 0.387 e. The quantitative estimate of drug-likeness (QED) is 0.603. The number of rotatable bonds is 5. The molecule has 5 heterocycles. The first-order valence-corrected chi connectivity index (χ1v) is 12.1. The van der Waals surface area contributed by atoms with Crippen LogP contribution in [0.2, 0.25) is 0 Å². The summed E-state index contributed by atoms with van der Waals surface area (Å²) in [5.41, 5.74) is 1.88. The van der Waals surface area contributed by atoms with Gasteiger partial charge in [0.1, 0.15) is 17.3 Å². The van der Waals surface area contributed by atoms with Gasteiger partial charge in [-0.05, 0) is 25.1 Å². The molecule has 3 aromatic rings. The van der Waals surface area contributed by atoms with Crippen LogP contribution in [-0.4, -0.2) is 94.9 Å². The van der Waals surface area contributed by atoms with Crippen molar-refractivity contribution in [2.75, 3.05) is 64.0 Å². The maximum atomic E-state index is 11.7. The fourth-order valence-electron chi connectivity index (χ4n) is 4.26. The average molecular weight is 469 g/mol. The number of hydrogen-bond acceptors (Lipinski definition) is 9. The number of thiophene rings is 1. The van der Waals surface area contributed by atoms with Crippen molar-refractivity contribution < 1.29 is 14.6 Å². The molecule has 2 aliphatic rings. The smallest absolute Gasteiger partial charge is 0.248 e. The Bertz CT molecular complexity index is 1120. The molecule has 5 rings (SSSR count). The summed E-state index contributed by atoms with van der Waals surface area (Å²) >= 11 is 1.70. The molecule has 0 aromatic carbocycles. The first-order valence-electron chi connectivity index (χ1n) is 11.3. The molecule has 2 saturated heterocycles. The number of aromatic nitrogens is 3. The lowest BCUT2D eigenvalue weighted by molar-refractivity contribution is -0.135. The predicted octanol–water partition coefficient (Wildman–Crippen LogP) is 1.53. The number of aliphatic hydroxyl groups excluding tert-OH is 1. The second-order valence-electron chi connectivity index (χ2n) is 8.41. The molecule has 0 atom stereocenters. The van der Waals surface area contributed by atoms with Gasteiger partial charge in [-0.3, -0.25) is 14.7 Å². The molecule has 174 valence electrons. The molecule has 3 aromatic heterocycles. The third kappa shape index (κ3) is 4.84. The van der Waals surface area contributed by atoms with Crippen molar-refractivity contribution in [1.29, 1.82) is 0 Å². The lowest BCUT2D eigenvalue weighted by Gasteiger charge is -2.34. The normalized spacial score (nSPS) is 17.6. The summed E-state index contributed by atoms with van der Waals surface area (Å²) in [6.07, 6.45) is 1.83. The van der Waals surface area contributed by atoms with E-state index >= 15 is 0 Å². The van der Waals surface area contributed by atoms with Gasteiger partial charge in [0, 0.05) is 68.1 Å². The molecule has 0 radical (unpaired) electrons. The van der Waals surface area contributed by atoms with Gasteiger partial charge in [0.15, 0.2) is 5.82 Å². The van der Waals surface area contributed by atoms with Crippen LogP contribution in [0.1, 0.15) is 10.6 Å². The molecule has 0 unspecified atom stereocenters. The highest BCUT2D eigenvalue weighted by Crippen LogP contribution is 2.34. The van der Waals surface area contributed by atoms with Crippen LogP contribution in [0, 0.1) is 6.92 Å². The second kappa shape index (κ2) is 9.68. The van der Waals surface area contributed by atoms with Gasteiger partial charge in [-0.15, -0.1) is 11.3 Å². The van der Waals surface area contributed by atoms with Crippen molar-refractivity contribution >= 4 is 33.3 Å². The number of carbonyl (C=O) groups is 1. The third-order valence-corrected chi connectivity index (χ3v) is 7.16. The Hall–Kier alpha value is -2.66. The first kappa shape index (κ1) is 22.1. The number of aryl methyl sites for hydroxylation is 1. The number of morpholine rings is 1. The van der Waals surface area contributed by atoms with Crippen LogP contribution in [0.25, 0.3) is 21.6 Å². The van der Waals surface area contributed by atoms with E-state index in [1.165, 1.54) is 4.88 Å². The van der Waals surface area contributed by atoms with E-state index in [-0.39, 0.29) is 5.91 Å². The van der Waals surface area contributed by atoms with Crippen LogP contribution in [0.15, 0.2) is 24.4 Å². The molecule has 1 amide bonds. The molecule has 0 saturated carbocycles. The Balaban J connectivity index is 1.43. The average Bonchev–Trinajstić information content (AvgIpc) is 3.26. The Morgan fingerprint density at radius 3 is 2.61 bits per heavy atom. The zero-order chi connectivity index (χ0) is 22.8. The third-order valence-electron chi connectivity index (χ3n) is 6.14. The minimum Gasteiger partial charge on any atom is -0.387 e. The number of anilines is 1. The number of aliphatic hydroxyl groups is 1. The van der Waals surface area contributed by atoms with Crippen molar-refractivity contribution in [3.05, 3.63) is 35.0 Å². The Kier molecular flexibility index (Phi) is 6.50. The van der Waals surface area contributed by atoms with Crippen LogP contribution in [-0.2, 0) is 16.1 Å². The summed E-state index contributed by atoms with van der Waals surface area (Å²) in [6, 6.07) is 6.22. The fraction of sp³-hybridized carbons (Fsp3) is 0.478. The lowest BCUT2D eigenvalue weighted by atomic mass is 10.2. The van der Waals surface area contributed by atoms with Gasteiger partial charge >= 0.3 is 0 Å². The van der Waals surface area contributed by atoms with E-state index in [0.29, 0.717) is 32.1 Å². The number of amides is 1. The Morgan fingerprint density at radius 1 is 1.12 bits per heavy atom. The van der Waals surface area contributed by atoms with E-state index in [1.807, 2.05) is 25.3 Å². The molecule has 33 heavy (non-hydrogen) atoms. The summed E-state index contributed by atoms with van der Waals surface area (Å²) < 4.78 is 5.56. The topological polar surface area (TPSA) is 94.9 Å². The number of ether oxygens (including phenoxy) is 1. The van der Waals surface area contributed by atoms with Crippen LogP contribution in [0.3, 0.4) is 0 Å². The minimum absolute atomic E-state index is 0.194. The highest BCUT2D eigenvalue weighted by molar-refractivity contribution is 7.18. The summed E-state index contributed by atoms with van der Waals surface area (Å²) in [6.45, 7) is 8.25. The highest BCUT2D eigenvalue weighted by Gasteiger charge is 2.23. The van der Waals surface area contributed by atoms with Crippen molar-refractivity contribution in [3.63, 3.8) is 0 Å².